The minimum Gasteiger partial charge on any atom is -0.504 e. The first-order valence-electron chi connectivity index (χ1n) is 15.3. The van der Waals surface area contributed by atoms with Crippen molar-refractivity contribution in [2.75, 3.05) is 27.6 Å². The van der Waals surface area contributed by atoms with E-state index in [4.69, 9.17) is 18.9 Å². The van der Waals surface area contributed by atoms with E-state index in [1.807, 2.05) is 12.1 Å². The molecular weight excluding hydrogens is 540 g/mol. The van der Waals surface area contributed by atoms with Crippen LogP contribution in [0.15, 0.2) is 30.3 Å². The molecule has 0 amide bonds. The van der Waals surface area contributed by atoms with E-state index >= 15 is 0 Å². The SMILES string of the molecule is COc1cc(C[C@H](CO)[C@H](O)C2([C@H](CCc3ccc(O)c(OC4CCCCC4)c3)OCO)CCCC2)cc(OC)c1O. The van der Waals surface area contributed by atoms with E-state index < -0.39 is 30.3 Å². The number of benzene rings is 2. The van der Waals surface area contributed by atoms with E-state index in [1.54, 1.807) is 18.2 Å². The van der Waals surface area contributed by atoms with Crippen LogP contribution in [0.5, 0.6) is 28.7 Å². The molecule has 9 heteroatoms. The lowest BCUT2D eigenvalue weighted by Crippen LogP contribution is -2.49. The van der Waals surface area contributed by atoms with Crippen molar-refractivity contribution in [3.8, 4) is 28.7 Å². The molecule has 9 nitrogen and oxygen atoms in total. The molecule has 0 aromatic heterocycles. The molecule has 42 heavy (non-hydrogen) atoms. The number of phenolic OH excluding ortho intramolecular Hbond substituents is 2. The predicted octanol–water partition coefficient (Wildman–Crippen LogP) is 4.87. The highest BCUT2D eigenvalue weighted by atomic mass is 16.6. The number of aryl methyl sites for hydroxylation is 1. The van der Waals surface area contributed by atoms with Gasteiger partial charge in [-0.15, -0.1) is 0 Å². The standard InChI is InChI=1S/C33H48O9/c1-39-28-18-23(19-29(40-2)31(28)37)16-24(20-34)32(38)33(14-6-7-15-33)30(41-21-35)13-11-22-10-12-26(36)27(17-22)42-25-8-4-3-5-9-25/h10,12,17-19,24-25,30,32,34-38H,3-9,11,13-16,20-21H2,1-2H3/t24-,30+,32+/m1/s1. The van der Waals surface area contributed by atoms with E-state index in [-0.39, 0.29) is 35.7 Å². The third kappa shape index (κ3) is 7.43. The Bertz CT molecular complexity index is 1100. The van der Waals surface area contributed by atoms with Crippen LogP contribution in [0, 0.1) is 11.3 Å². The van der Waals surface area contributed by atoms with Gasteiger partial charge in [-0.25, -0.2) is 0 Å². The largest absolute Gasteiger partial charge is 0.504 e. The topological polar surface area (TPSA) is 138 Å². The summed E-state index contributed by atoms with van der Waals surface area (Å²) < 4.78 is 22.7. The van der Waals surface area contributed by atoms with Crippen LogP contribution in [0.1, 0.15) is 75.3 Å². The molecule has 0 saturated heterocycles. The summed E-state index contributed by atoms with van der Waals surface area (Å²) in [5, 5.41) is 53.0. The zero-order valence-electron chi connectivity index (χ0n) is 25.0. The average Bonchev–Trinajstić information content (AvgIpc) is 3.51. The Labute approximate surface area is 249 Å². The van der Waals surface area contributed by atoms with E-state index in [9.17, 15) is 25.5 Å². The summed E-state index contributed by atoms with van der Waals surface area (Å²) in [6.45, 7) is -0.721. The van der Waals surface area contributed by atoms with Gasteiger partial charge in [0, 0.05) is 17.9 Å². The zero-order valence-corrected chi connectivity index (χ0v) is 25.0. The highest BCUT2D eigenvalue weighted by molar-refractivity contribution is 5.52. The Morgan fingerprint density at radius 3 is 2.10 bits per heavy atom. The van der Waals surface area contributed by atoms with Crippen molar-refractivity contribution in [1.29, 1.82) is 0 Å². The Kier molecular flexibility index (Phi) is 11.6. The summed E-state index contributed by atoms with van der Waals surface area (Å²) >= 11 is 0. The molecule has 0 heterocycles. The number of rotatable bonds is 15. The van der Waals surface area contributed by atoms with Gasteiger partial charge >= 0.3 is 0 Å². The van der Waals surface area contributed by atoms with E-state index in [0.29, 0.717) is 37.9 Å². The molecule has 234 valence electrons. The van der Waals surface area contributed by atoms with E-state index in [0.717, 1.165) is 49.7 Å². The molecule has 2 aliphatic carbocycles. The van der Waals surface area contributed by atoms with Crippen molar-refractivity contribution >= 4 is 0 Å². The molecule has 0 radical (unpaired) electrons. The quantitative estimate of drug-likeness (QED) is 0.185. The maximum absolute atomic E-state index is 11.9. The second kappa shape index (κ2) is 15.1. The van der Waals surface area contributed by atoms with Crippen LogP contribution >= 0.6 is 0 Å². The van der Waals surface area contributed by atoms with Crippen molar-refractivity contribution in [2.45, 2.75) is 95.4 Å². The van der Waals surface area contributed by atoms with Gasteiger partial charge < -0.3 is 44.5 Å². The van der Waals surface area contributed by atoms with Gasteiger partial charge in [0.1, 0.15) is 6.79 Å². The summed E-state index contributed by atoms with van der Waals surface area (Å²) in [6, 6.07) is 8.80. The fourth-order valence-corrected chi connectivity index (χ4v) is 7.05. The molecular formula is C33H48O9. The first-order valence-corrected chi connectivity index (χ1v) is 15.3. The molecule has 0 unspecified atom stereocenters. The van der Waals surface area contributed by atoms with Crippen LogP contribution < -0.4 is 14.2 Å². The molecule has 0 aliphatic heterocycles. The maximum atomic E-state index is 11.9. The van der Waals surface area contributed by atoms with Crippen molar-refractivity contribution in [3.05, 3.63) is 41.5 Å². The zero-order chi connectivity index (χ0) is 30.1. The van der Waals surface area contributed by atoms with Crippen molar-refractivity contribution < 1.29 is 44.5 Å². The van der Waals surface area contributed by atoms with Gasteiger partial charge in [-0.3, -0.25) is 0 Å². The Morgan fingerprint density at radius 2 is 1.50 bits per heavy atom. The lowest BCUT2D eigenvalue weighted by Gasteiger charge is -2.44. The highest BCUT2D eigenvalue weighted by Gasteiger charge is 2.49. The molecule has 4 rings (SSSR count). The lowest BCUT2D eigenvalue weighted by atomic mass is 9.68. The van der Waals surface area contributed by atoms with Gasteiger partial charge in [-0.1, -0.05) is 25.3 Å². The highest BCUT2D eigenvalue weighted by Crippen LogP contribution is 2.49. The van der Waals surface area contributed by atoms with Gasteiger partial charge in [0.15, 0.2) is 23.0 Å². The van der Waals surface area contributed by atoms with Crippen LogP contribution in [-0.2, 0) is 17.6 Å². The van der Waals surface area contributed by atoms with Gasteiger partial charge in [0.05, 0.1) is 32.5 Å². The monoisotopic (exact) mass is 588 g/mol. The van der Waals surface area contributed by atoms with E-state index in [1.165, 1.54) is 20.6 Å². The number of ether oxygens (including phenoxy) is 4. The second-order valence-corrected chi connectivity index (χ2v) is 11.9. The first-order chi connectivity index (χ1) is 20.3. The van der Waals surface area contributed by atoms with Gasteiger partial charge in [-0.05, 0) is 93.2 Å². The number of hydrogen-bond acceptors (Lipinski definition) is 9. The number of aromatic hydroxyl groups is 2. The van der Waals surface area contributed by atoms with Gasteiger partial charge in [-0.2, -0.15) is 0 Å². The fourth-order valence-electron chi connectivity index (χ4n) is 7.05. The average molecular weight is 589 g/mol. The summed E-state index contributed by atoms with van der Waals surface area (Å²) in [7, 11) is 2.92. The van der Waals surface area contributed by atoms with Crippen molar-refractivity contribution in [3.63, 3.8) is 0 Å². The smallest absolute Gasteiger partial charge is 0.200 e. The molecule has 0 spiro atoms. The van der Waals surface area contributed by atoms with Crippen LogP contribution in [0.25, 0.3) is 0 Å². The van der Waals surface area contributed by atoms with Crippen LogP contribution in [0.4, 0.5) is 0 Å². The second-order valence-electron chi connectivity index (χ2n) is 11.9. The van der Waals surface area contributed by atoms with Gasteiger partial charge in [0.2, 0.25) is 5.75 Å². The lowest BCUT2D eigenvalue weighted by molar-refractivity contribution is -0.157. The summed E-state index contributed by atoms with van der Waals surface area (Å²) in [6.07, 6.45) is 8.98. The number of methoxy groups -OCH3 is 2. The summed E-state index contributed by atoms with van der Waals surface area (Å²) in [4.78, 5) is 0. The molecule has 3 atom stereocenters. The molecule has 2 aliphatic rings. The molecule has 2 aromatic rings. The first kappa shape index (κ1) is 32.2. The normalized spacial score (nSPS) is 19.3. The third-order valence-electron chi connectivity index (χ3n) is 9.32. The molecule has 2 aromatic carbocycles. The number of hydrogen-bond donors (Lipinski definition) is 5. The Balaban J connectivity index is 1.52. The number of phenols is 2. The molecule has 0 bridgehead atoms. The summed E-state index contributed by atoms with van der Waals surface area (Å²) in [5.74, 6) is 0.519. The van der Waals surface area contributed by atoms with E-state index in [2.05, 4.69) is 0 Å². The minimum atomic E-state index is -0.905. The van der Waals surface area contributed by atoms with Gasteiger partial charge in [0.25, 0.3) is 0 Å². The summed E-state index contributed by atoms with van der Waals surface area (Å²) in [5.41, 5.74) is 1.08. The van der Waals surface area contributed by atoms with Crippen LogP contribution in [0.2, 0.25) is 0 Å². The van der Waals surface area contributed by atoms with Crippen LogP contribution in [-0.4, -0.2) is 71.5 Å². The maximum Gasteiger partial charge on any atom is 0.200 e. The predicted molar refractivity (Wildman–Crippen MR) is 158 cm³/mol. The minimum absolute atomic E-state index is 0.102. The number of aliphatic hydroxyl groups excluding tert-OH is 3. The van der Waals surface area contributed by atoms with Crippen molar-refractivity contribution in [2.24, 2.45) is 11.3 Å². The Hall–Kier alpha value is -2.72. The third-order valence-corrected chi connectivity index (χ3v) is 9.32. The fraction of sp³-hybridized carbons (Fsp3) is 0.636. The molecule has 2 fully saturated rings. The van der Waals surface area contributed by atoms with Crippen LogP contribution in [0.3, 0.4) is 0 Å². The molecule has 5 N–H and O–H groups in total. The van der Waals surface area contributed by atoms with Crippen molar-refractivity contribution in [1.82, 2.24) is 0 Å². The Morgan fingerprint density at radius 1 is 0.857 bits per heavy atom. The number of aliphatic hydroxyl groups is 3. The molecule has 2 saturated carbocycles.